The lowest BCUT2D eigenvalue weighted by atomic mass is 10.3. The SMILES string of the molecule is CCN(CCCCl)S(=O)(=O)c1cc(F)ccc1F. The zero-order chi connectivity index (χ0) is 13.8. The molecular weight excluding hydrogens is 284 g/mol. The molecule has 0 atom stereocenters. The Balaban J connectivity index is 3.14. The zero-order valence-corrected chi connectivity index (χ0v) is 11.4. The highest BCUT2D eigenvalue weighted by Gasteiger charge is 2.26. The van der Waals surface area contributed by atoms with E-state index in [-0.39, 0.29) is 13.1 Å². The number of alkyl halides is 1. The predicted molar refractivity (Wildman–Crippen MR) is 66.1 cm³/mol. The average molecular weight is 298 g/mol. The van der Waals surface area contributed by atoms with Crippen LogP contribution in [0.2, 0.25) is 0 Å². The third-order valence-corrected chi connectivity index (χ3v) is 4.66. The Labute approximate surface area is 110 Å². The van der Waals surface area contributed by atoms with E-state index in [2.05, 4.69) is 0 Å². The molecule has 0 aromatic heterocycles. The van der Waals surface area contributed by atoms with Crippen LogP contribution in [-0.4, -0.2) is 31.7 Å². The molecule has 18 heavy (non-hydrogen) atoms. The van der Waals surface area contributed by atoms with Crippen LogP contribution in [0.15, 0.2) is 23.1 Å². The van der Waals surface area contributed by atoms with Gasteiger partial charge in [-0.1, -0.05) is 6.92 Å². The molecule has 0 saturated carbocycles. The molecule has 0 unspecified atom stereocenters. The lowest BCUT2D eigenvalue weighted by Crippen LogP contribution is -2.32. The molecule has 1 aromatic carbocycles. The quantitative estimate of drug-likeness (QED) is 0.757. The molecule has 0 saturated heterocycles. The molecule has 0 amide bonds. The van der Waals surface area contributed by atoms with E-state index in [0.717, 1.165) is 16.4 Å². The van der Waals surface area contributed by atoms with Crippen molar-refractivity contribution in [1.29, 1.82) is 0 Å². The summed E-state index contributed by atoms with van der Waals surface area (Å²) in [5, 5.41) is 0. The number of sulfonamides is 1. The van der Waals surface area contributed by atoms with E-state index in [1.807, 2.05) is 0 Å². The van der Waals surface area contributed by atoms with Crippen molar-refractivity contribution in [2.45, 2.75) is 18.2 Å². The predicted octanol–water partition coefficient (Wildman–Crippen LogP) is 2.60. The first-order chi connectivity index (χ1) is 8.43. The Morgan fingerprint density at radius 1 is 1.33 bits per heavy atom. The number of hydrogen-bond donors (Lipinski definition) is 0. The molecular formula is C11H14ClF2NO2S. The fourth-order valence-corrected chi connectivity index (χ4v) is 3.18. The first-order valence-corrected chi connectivity index (χ1v) is 7.42. The average Bonchev–Trinajstić information content (AvgIpc) is 2.33. The molecule has 1 rings (SSSR count). The van der Waals surface area contributed by atoms with Gasteiger partial charge in [-0.2, -0.15) is 4.31 Å². The van der Waals surface area contributed by atoms with Crippen LogP contribution in [0.5, 0.6) is 0 Å². The van der Waals surface area contributed by atoms with Gasteiger partial charge in [-0.25, -0.2) is 17.2 Å². The molecule has 0 N–H and O–H groups in total. The monoisotopic (exact) mass is 297 g/mol. The zero-order valence-electron chi connectivity index (χ0n) is 9.87. The summed E-state index contributed by atoms with van der Waals surface area (Å²) >= 11 is 5.50. The third kappa shape index (κ3) is 3.40. The van der Waals surface area contributed by atoms with Gasteiger partial charge >= 0.3 is 0 Å². The normalized spacial score (nSPS) is 12.1. The van der Waals surface area contributed by atoms with Gasteiger partial charge in [0, 0.05) is 19.0 Å². The molecule has 0 aliphatic rings. The summed E-state index contributed by atoms with van der Waals surface area (Å²) in [6, 6.07) is 2.37. The van der Waals surface area contributed by atoms with Crippen LogP contribution in [0.3, 0.4) is 0 Å². The van der Waals surface area contributed by atoms with E-state index in [0.29, 0.717) is 18.4 Å². The molecule has 0 aliphatic carbocycles. The van der Waals surface area contributed by atoms with Crippen LogP contribution in [0.25, 0.3) is 0 Å². The highest BCUT2D eigenvalue weighted by molar-refractivity contribution is 7.89. The summed E-state index contributed by atoms with van der Waals surface area (Å²) in [6.45, 7) is 1.98. The standard InChI is InChI=1S/C11H14ClF2NO2S/c1-2-15(7-3-6-12)18(16,17)11-8-9(13)4-5-10(11)14/h4-5,8H,2-3,6-7H2,1H3. The van der Waals surface area contributed by atoms with Crippen LogP contribution in [-0.2, 0) is 10.0 Å². The van der Waals surface area contributed by atoms with Crippen molar-refractivity contribution in [2.24, 2.45) is 0 Å². The summed E-state index contributed by atoms with van der Waals surface area (Å²) in [7, 11) is -4.02. The van der Waals surface area contributed by atoms with Gasteiger partial charge in [0.05, 0.1) is 0 Å². The van der Waals surface area contributed by atoms with E-state index in [1.54, 1.807) is 6.92 Å². The second-order valence-corrected chi connectivity index (χ2v) is 5.90. The van der Waals surface area contributed by atoms with Crippen molar-refractivity contribution in [3.8, 4) is 0 Å². The second-order valence-electron chi connectivity index (χ2n) is 3.61. The van der Waals surface area contributed by atoms with Gasteiger partial charge < -0.3 is 0 Å². The molecule has 0 fully saturated rings. The Hall–Kier alpha value is -0.720. The minimum Gasteiger partial charge on any atom is -0.207 e. The fraction of sp³-hybridized carbons (Fsp3) is 0.455. The molecule has 0 spiro atoms. The van der Waals surface area contributed by atoms with Crippen molar-refractivity contribution < 1.29 is 17.2 Å². The number of hydrogen-bond acceptors (Lipinski definition) is 2. The Morgan fingerprint density at radius 2 is 2.00 bits per heavy atom. The number of benzene rings is 1. The lowest BCUT2D eigenvalue weighted by molar-refractivity contribution is 0.422. The largest absolute Gasteiger partial charge is 0.246 e. The van der Waals surface area contributed by atoms with E-state index < -0.39 is 26.6 Å². The second kappa shape index (κ2) is 6.45. The van der Waals surface area contributed by atoms with E-state index in [4.69, 9.17) is 11.6 Å². The Morgan fingerprint density at radius 3 is 2.56 bits per heavy atom. The van der Waals surface area contributed by atoms with Gasteiger partial charge in [-0.3, -0.25) is 0 Å². The molecule has 0 aliphatic heterocycles. The van der Waals surface area contributed by atoms with Crippen LogP contribution in [0.4, 0.5) is 8.78 Å². The van der Waals surface area contributed by atoms with Crippen molar-refractivity contribution >= 4 is 21.6 Å². The molecule has 102 valence electrons. The minimum absolute atomic E-state index is 0.176. The van der Waals surface area contributed by atoms with Crippen LogP contribution < -0.4 is 0 Å². The van der Waals surface area contributed by atoms with Crippen LogP contribution in [0.1, 0.15) is 13.3 Å². The molecule has 3 nitrogen and oxygen atoms in total. The first kappa shape index (κ1) is 15.3. The summed E-state index contributed by atoms with van der Waals surface area (Å²) in [5.74, 6) is -1.44. The highest BCUT2D eigenvalue weighted by atomic mass is 35.5. The molecule has 1 aromatic rings. The Bertz CT molecular complexity index is 508. The minimum atomic E-state index is -4.02. The topological polar surface area (TPSA) is 37.4 Å². The van der Waals surface area contributed by atoms with Gasteiger partial charge in [-0.15, -0.1) is 11.6 Å². The van der Waals surface area contributed by atoms with Crippen LogP contribution in [0, 0.1) is 11.6 Å². The van der Waals surface area contributed by atoms with E-state index in [1.165, 1.54) is 0 Å². The maximum absolute atomic E-state index is 13.5. The smallest absolute Gasteiger partial charge is 0.207 e. The summed E-state index contributed by atoms with van der Waals surface area (Å²) < 4.78 is 51.8. The Kier molecular flexibility index (Phi) is 5.49. The fourth-order valence-electron chi connectivity index (χ4n) is 1.50. The van der Waals surface area contributed by atoms with Crippen molar-refractivity contribution in [1.82, 2.24) is 4.31 Å². The number of rotatable bonds is 6. The molecule has 0 heterocycles. The van der Waals surface area contributed by atoms with Gasteiger partial charge in [0.15, 0.2) is 0 Å². The molecule has 0 bridgehead atoms. The number of nitrogens with zero attached hydrogens (tertiary/aromatic N) is 1. The first-order valence-electron chi connectivity index (χ1n) is 5.44. The summed E-state index contributed by atoms with van der Waals surface area (Å²) in [6.07, 6.45) is 0.450. The maximum atomic E-state index is 13.5. The highest BCUT2D eigenvalue weighted by Crippen LogP contribution is 2.20. The van der Waals surface area contributed by atoms with Gasteiger partial charge in [0.25, 0.3) is 0 Å². The van der Waals surface area contributed by atoms with E-state index in [9.17, 15) is 17.2 Å². The number of halogens is 3. The van der Waals surface area contributed by atoms with Crippen molar-refractivity contribution in [3.63, 3.8) is 0 Å². The van der Waals surface area contributed by atoms with Crippen LogP contribution >= 0.6 is 11.6 Å². The van der Waals surface area contributed by atoms with E-state index >= 15 is 0 Å². The van der Waals surface area contributed by atoms with Crippen molar-refractivity contribution in [3.05, 3.63) is 29.8 Å². The molecule has 7 heteroatoms. The van der Waals surface area contributed by atoms with Crippen molar-refractivity contribution in [2.75, 3.05) is 19.0 Å². The summed E-state index contributed by atoms with van der Waals surface area (Å²) in [5.41, 5.74) is 0. The molecule has 0 radical (unpaired) electrons. The van der Waals surface area contributed by atoms with Gasteiger partial charge in [0.1, 0.15) is 16.5 Å². The maximum Gasteiger partial charge on any atom is 0.246 e. The summed E-state index contributed by atoms with van der Waals surface area (Å²) in [4.78, 5) is -0.640. The third-order valence-electron chi connectivity index (χ3n) is 2.40. The van der Waals surface area contributed by atoms with Gasteiger partial charge in [-0.05, 0) is 24.6 Å². The van der Waals surface area contributed by atoms with Gasteiger partial charge in [0.2, 0.25) is 10.0 Å². The lowest BCUT2D eigenvalue weighted by Gasteiger charge is -2.20.